The van der Waals surface area contributed by atoms with E-state index >= 15 is 0 Å². The van der Waals surface area contributed by atoms with E-state index in [0.717, 1.165) is 16.0 Å². The molecule has 0 atom stereocenters. The Bertz CT molecular complexity index is 834. The van der Waals surface area contributed by atoms with Crippen molar-refractivity contribution < 1.29 is 13.2 Å². The summed E-state index contributed by atoms with van der Waals surface area (Å²) < 4.78 is 24.5. The van der Waals surface area contributed by atoms with E-state index in [4.69, 9.17) is 23.2 Å². The van der Waals surface area contributed by atoms with E-state index in [9.17, 15) is 13.2 Å². The summed E-state index contributed by atoms with van der Waals surface area (Å²) in [6.45, 7) is 0.319. The maximum absolute atomic E-state index is 12.3. The second kappa shape index (κ2) is 8.69. The summed E-state index contributed by atoms with van der Waals surface area (Å²) in [6, 6.07) is 8.75. The average molecular weight is 424 g/mol. The third-order valence-corrected chi connectivity index (χ3v) is 6.57. The fourth-order valence-corrected chi connectivity index (χ4v) is 4.71. The number of rotatable bonds is 8. The summed E-state index contributed by atoms with van der Waals surface area (Å²) in [5, 5.41) is 1.14. The van der Waals surface area contributed by atoms with Gasteiger partial charge in [0.2, 0.25) is 10.0 Å². The van der Waals surface area contributed by atoms with Crippen molar-refractivity contribution in [2.45, 2.75) is 11.3 Å². The molecule has 1 N–H and O–H groups in total. The molecule has 24 heavy (non-hydrogen) atoms. The van der Waals surface area contributed by atoms with Crippen molar-refractivity contribution >= 4 is 62.1 Å². The van der Waals surface area contributed by atoms with Gasteiger partial charge in [-0.15, -0.1) is 23.1 Å². The van der Waals surface area contributed by atoms with Crippen LogP contribution in [0, 0.1) is 0 Å². The number of ketones is 1. The Labute approximate surface area is 159 Å². The highest BCUT2D eigenvalue weighted by molar-refractivity contribution is 8.00. The smallest absolute Gasteiger partial charge is 0.208 e. The quantitative estimate of drug-likeness (QED) is 0.512. The second-order valence-corrected chi connectivity index (χ2v) is 9.83. The maximum atomic E-state index is 12.3. The van der Waals surface area contributed by atoms with E-state index < -0.39 is 10.0 Å². The highest BCUT2D eigenvalue weighted by Gasteiger charge is 2.12. The highest BCUT2D eigenvalue weighted by atomic mass is 35.5. The van der Waals surface area contributed by atoms with Crippen LogP contribution in [0.5, 0.6) is 0 Å². The molecule has 130 valence electrons. The largest absolute Gasteiger partial charge is 0.292 e. The number of hydrogen-bond acceptors (Lipinski definition) is 5. The third kappa shape index (κ3) is 6.38. The van der Waals surface area contributed by atoms with Crippen molar-refractivity contribution in [3.63, 3.8) is 0 Å². The van der Waals surface area contributed by atoms with Crippen LogP contribution in [0.1, 0.15) is 14.5 Å². The molecule has 0 radical (unpaired) electrons. The second-order valence-electron chi connectivity index (χ2n) is 4.97. The molecular formula is C15H15Cl2NO3S3. The molecule has 0 spiro atoms. The summed E-state index contributed by atoms with van der Waals surface area (Å²) in [7, 11) is -3.19. The molecule has 2 rings (SSSR count). The van der Waals surface area contributed by atoms with Crippen molar-refractivity contribution in [1.82, 2.24) is 4.72 Å². The van der Waals surface area contributed by atoms with Crippen molar-refractivity contribution in [2.75, 3.05) is 18.6 Å². The number of carbonyl (C=O) groups excluding carboxylic acids is 1. The predicted octanol–water partition coefficient (Wildman–Crippen LogP) is 4.12. The summed E-state index contributed by atoms with van der Waals surface area (Å²) >= 11 is 14.7. The first-order chi connectivity index (χ1) is 11.2. The van der Waals surface area contributed by atoms with E-state index in [0.29, 0.717) is 27.9 Å². The number of benzene rings is 1. The van der Waals surface area contributed by atoms with Crippen LogP contribution in [0.3, 0.4) is 0 Å². The van der Waals surface area contributed by atoms with E-state index in [1.807, 2.05) is 6.07 Å². The summed E-state index contributed by atoms with van der Waals surface area (Å²) in [5.74, 6) is 0.269. The molecule has 9 heteroatoms. The molecule has 0 amide bonds. The molecule has 4 nitrogen and oxygen atoms in total. The van der Waals surface area contributed by atoms with E-state index in [1.165, 1.54) is 23.1 Å². The number of hydrogen-bond donors (Lipinski definition) is 1. The first-order valence-electron chi connectivity index (χ1n) is 6.89. The van der Waals surface area contributed by atoms with Crippen molar-refractivity contribution in [3.05, 3.63) is 50.1 Å². The van der Waals surface area contributed by atoms with Crippen molar-refractivity contribution in [2.24, 2.45) is 0 Å². The van der Waals surface area contributed by atoms with Gasteiger partial charge in [0.25, 0.3) is 0 Å². The summed E-state index contributed by atoms with van der Waals surface area (Å²) in [5.41, 5.74) is 0. The first-order valence-corrected chi connectivity index (χ1v) is 11.3. The topological polar surface area (TPSA) is 63.2 Å². The lowest BCUT2D eigenvalue weighted by molar-refractivity contribution is 0.102. The normalized spacial score (nSPS) is 11.6. The van der Waals surface area contributed by atoms with E-state index in [1.54, 1.807) is 24.3 Å². The first kappa shape index (κ1) is 19.8. The number of thiophene rings is 1. The molecular weight excluding hydrogens is 409 g/mol. The molecule has 0 fully saturated rings. The molecule has 0 aliphatic rings. The van der Waals surface area contributed by atoms with Gasteiger partial charge in [0.05, 0.1) is 21.9 Å². The lowest BCUT2D eigenvalue weighted by Crippen LogP contribution is -2.23. The number of nitrogens with one attached hydrogen (secondary N) is 1. The van der Waals surface area contributed by atoms with Gasteiger partial charge in [-0.3, -0.25) is 4.79 Å². The Kier molecular flexibility index (Phi) is 7.15. The van der Waals surface area contributed by atoms with Gasteiger partial charge in [-0.2, -0.15) is 0 Å². The Morgan fingerprint density at radius 3 is 2.71 bits per heavy atom. The summed E-state index contributed by atoms with van der Waals surface area (Å²) in [6.07, 6.45) is 1.67. The van der Waals surface area contributed by atoms with Gasteiger partial charge in [0.15, 0.2) is 5.78 Å². The Morgan fingerprint density at radius 2 is 2.00 bits per heavy atom. The Balaban J connectivity index is 1.90. The van der Waals surface area contributed by atoms with Crippen LogP contribution >= 0.6 is 46.3 Å². The van der Waals surface area contributed by atoms with Crippen LogP contribution in [0.4, 0.5) is 0 Å². The molecule has 0 bridgehead atoms. The minimum Gasteiger partial charge on any atom is -0.292 e. The van der Waals surface area contributed by atoms with E-state index in [2.05, 4.69) is 4.72 Å². The van der Waals surface area contributed by atoms with Gasteiger partial charge in [0, 0.05) is 21.3 Å². The van der Waals surface area contributed by atoms with Crippen LogP contribution < -0.4 is 4.72 Å². The molecule has 0 unspecified atom stereocenters. The van der Waals surface area contributed by atoms with Gasteiger partial charge in [-0.05, 0) is 36.8 Å². The zero-order valence-electron chi connectivity index (χ0n) is 12.7. The molecule has 0 aliphatic carbocycles. The zero-order valence-corrected chi connectivity index (χ0v) is 16.7. The molecule has 2 aromatic rings. The lowest BCUT2D eigenvalue weighted by atomic mass is 10.3. The lowest BCUT2D eigenvalue weighted by Gasteiger charge is -2.03. The molecule has 0 saturated carbocycles. The average Bonchev–Trinajstić information content (AvgIpc) is 2.95. The number of Topliss-reactive ketones (excluding diaryl/α,β-unsaturated/α-hetero) is 1. The molecule has 1 aromatic carbocycles. The maximum Gasteiger partial charge on any atom is 0.208 e. The molecule has 1 aromatic heterocycles. The third-order valence-electron chi connectivity index (χ3n) is 2.92. The minimum atomic E-state index is -3.19. The number of halogens is 2. The minimum absolute atomic E-state index is 0.00312. The number of carbonyl (C=O) groups is 1. The van der Waals surface area contributed by atoms with Crippen LogP contribution in [-0.2, 0) is 16.4 Å². The molecule has 0 aliphatic heterocycles. The number of sulfonamides is 1. The number of thioether (sulfide) groups is 1. The van der Waals surface area contributed by atoms with Gasteiger partial charge in [-0.1, -0.05) is 23.2 Å². The van der Waals surface area contributed by atoms with Gasteiger partial charge in [0.1, 0.15) is 0 Å². The fourth-order valence-electron chi connectivity index (χ4n) is 1.82. The van der Waals surface area contributed by atoms with Crippen LogP contribution in [-0.4, -0.2) is 32.8 Å². The van der Waals surface area contributed by atoms with Crippen LogP contribution in [0.2, 0.25) is 10.0 Å². The van der Waals surface area contributed by atoms with Crippen LogP contribution in [0.15, 0.2) is 35.2 Å². The predicted molar refractivity (Wildman–Crippen MR) is 102 cm³/mol. The Hall–Kier alpha value is -0.570. The molecule has 1 heterocycles. The SMILES string of the molecule is CS(=O)(=O)NCCc1ccc(C(=O)CSc2cc(Cl)ccc2Cl)s1. The van der Waals surface area contributed by atoms with Crippen LogP contribution in [0.25, 0.3) is 0 Å². The standard InChI is InChI=1S/C15H15Cl2NO3S3/c1-24(20,21)18-7-6-11-3-5-14(23-11)13(19)9-22-15-8-10(16)2-4-12(15)17/h2-5,8,18H,6-7,9H2,1H3. The summed E-state index contributed by atoms with van der Waals surface area (Å²) in [4.78, 5) is 14.6. The van der Waals surface area contributed by atoms with Crippen molar-refractivity contribution in [3.8, 4) is 0 Å². The fraction of sp³-hybridized carbons (Fsp3) is 0.267. The van der Waals surface area contributed by atoms with Gasteiger partial charge < -0.3 is 0 Å². The van der Waals surface area contributed by atoms with Gasteiger partial charge in [-0.25, -0.2) is 13.1 Å². The monoisotopic (exact) mass is 423 g/mol. The Morgan fingerprint density at radius 1 is 1.25 bits per heavy atom. The van der Waals surface area contributed by atoms with Gasteiger partial charge >= 0.3 is 0 Å². The molecule has 0 saturated heterocycles. The van der Waals surface area contributed by atoms with E-state index in [-0.39, 0.29) is 11.5 Å². The highest BCUT2D eigenvalue weighted by Crippen LogP contribution is 2.31. The van der Waals surface area contributed by atoms with Crippen molar-refractivity contribution in [1.29, 1.82) is 0 Å². The zero-order chi connectivity index (χ0) is 17.7.